The molecule has 0 fully saturated rings. The quantitative estimate of drug-likeness (QED) is 0.0572. The summed E-state index contributed by atoms with van der Waals surface area (Å²) in [6.07, 6.45) is 3.56. The molecule has 5 rings (SSSR count). The molecular weight excluding hydrogens is 753 g/mol. The molecule has 0 amide bonds. The second kappa shape index (κ2) is 20.5. The molecule has 0 spiro atoms. The summed E-state index contributed by atoms with van der Waals surface area (Å²) in [5.74, 6) is 0.236. The van der Waals surface area contributed by atoms with E-state index in [9.17, 15) is 10.1 Å². The first-order chi connectivity index (χ1) is 26.3. The van der Waals surface area contributed by atoms with E-state index in [-0.39, 0.29) is 43.0 Å². The van der Waals surface area contributed by atoms with Gasteiger partial charge in [-0.2, -0.15) is 10.2 Å². The van der Waals surface area contributed by atoms with Crippen LogP contribution in [0.25, 0.3) is 22.3 Å². The highest BCUT2D eigenvalue weighted by atomic mass is 35.5. The molecule has 0 saturated carbocycles. The Bertz CT molecular complexity index is 2080. The number of nitriles is 1. The highest BCUT2D eigenvalue weighted by Gasteiger charge is 2.18. The van der Waals surface area contributed by atoms with E-state index in [1.807, 2.05) is 60.7 Å². The number of aliphatic hydroxyl groups is 1. The van der Waals surface area contributed by atoms with Crippen LogP contribution in [-0.2, 0) is 24.6 Å². The van der Waals surface area contributed by atoms with Crippen LogP contribution in [0.2, 0.25) is 15.1 Å². The molecule has 3 aromatic carbocycles. The molecule has 0 atom stereocenters. The van der Waals surface area contributed by atoms with E-state index in [2.05, 4.69) is 26.7 Å². The van der Waals surface area contributed by atoms with Crippen LogP contribution in [-0.4, -0.2) is 59.0 Å². The molecule has 0 aliphatic carbocycles. The fourth-order valence-electron chi connectivity index (χ4n) is 5.40. The lowest BCUT2D eigenvalue weighted by molar-refractivity contribution is -0.137. The van der Waals surface area contributed by atoms with Gasteiger partial charge in [-0.15, -0.1) is 0 Å². The number of aliphatic hydroxyl groups excluding tert-OH is 1. The lowest BCUT2D eigenvalue weighted by Gasteiger charge is -2.16. The highest BCUT2D eigenvalue weighted by molar-refractivity contribution is 6.38. The first-order valence-electron chi connectivity index (χ1n) is 17.1. The Morgan fingerprint density at radius 3 is 2.30 bits per heavy atom. The van der Waals surface area contributed by atoms with Gasteiger partial charge in [0.25, 0.3) is 0 Å². The number of nitrogens with one attached hydrogen (secondary N) is 2. The number of hydrogen-bond donors (Lipinski definition) is 4. The number of pyridine rings is 2. The SMILES string of the molecule is N#Cc1cncc(COc2nc(OCc3cccc(-c4cccc(-c5ccc(OCCNCCO)cc5)c4Cl)c3Cl)c(Cl)cc2CNCCCC(=O)O)c1. The van der Waals surface area contributed by atoms with Gasteiger partial charge in [-0.25, -0.2) is 0 Å². The minimum absolute atomic E-state index is 0.0358. The van der Waals surface area contributed by atoms with Gasteiger partial charge < -0.3 is 35.1 Å². The molecule has 54 heavy (non-hydrogen) atoms. The Kier molecular flexibility index (Phi) is 15.3. The number of rotatable bonds is 20. The third-order valence-corrected chi connectivity index (χ3v) is 9.20. The molecule has 0 aliphatic rings. The summed E-state index contributed by atoms with van der Waals surface area (Å²) in [5.41, 5.74) is 5.60. The number of nitrogens with zero attached hydrogens (tertiary/aromatic N) is 3. The molecule has 2 heterocycles. The van der Waals surface area contributed by atoms with Gasteiger partial charge in [0, 0.05) is 71.8 Å². The molecule has 5 aromatic rings. The Hall–Kier alpha value is -4.93. The standard InChI is InChI=1S/C40H38Cl3N5O6/c41-35-19-30(23-46-13-3-8-36(50)51)39(53-24-27-18-26(20-44)21-47-22-27)48-40(35)54-25-29-4-1-6-33(37(29)42)34-7-2-5-32(38(34)43)28-9-11-31(12-10-28)52-17-15-45-14-16-49/h1-2,4-7,9-12,18-19,21-22,45-46,49H,3,8,13-17,23-25H2,(H,50,51). The zero-order chi connectivity index (χ0) is 38.3. The Balaban J connectivity index is 1.32. The van der Waals surface area contributed by atoms with Gasteiger partial charge in [0.2, 0.25) is 11.8 Å². The van der Waals surface area contributed by atoms with E-state index < -0.39 is 5.97 Å². The Morgan fingerprint density at radius 1 is 0.796 bits per heavy atom. The van der Waals surface area contributed by atoms with Crippen molar-refractivity contribution in [3.8, 4) is 45.8 Å². The summed E-state index contributed by atoms with van der Waals surface area (Å²) in [6.45, 7) is 2.59. The Morgan fingerprint density at radius 2 is 1.54 bits per heavy atom. The zero-order valence-corrected chi connectivity index (χ0v) is 31.4. The number of carbonyl (C=O) groups is 1. The van der Waals surface area contributed by atoms with Crippen molar-refractivity contribution in [1.82, 2.24) is 20.6 Å². The minimum atomic E-state index is -0.865. The number of aromatic nitrogens is 2. The lowest BCUT2D eigenvalue weighted by Crippen LogP contribution is -2.23. The lowest BCUT2D eigenvalue weighted by atomic mass is 9.97. The van der Waals surface area contributed by atoms with Crippen molar-refractivity contribution < 1.29 is 29.2 Å². The number of halogens is 3. The molecule has 280 valence electrons. The van der Waals surface area contributed by atoms with Crippen molar-refractivity contribution in [2.75, 3.05) is 32.8 Å². The third-order valence-electron chi connectivity index (χ3n) is 8.08. The van der Waals surface area contributed by atoms with Crippen molar-refractivity contribution in [1.29, 1.82) is 5.26 Å². The number of carboxylic acid groups (broad SMARTS) is 1. The highest BCUT2D eigenvalue weighted by Crippen LogP contribution is 2.41. The Labute approximate surface area is 328 Å². The zero-order valence-electron chi connectivity index (χ0n) is 29.2. The van der Waals surface area contributed by atoms with Crippen LogP contribution in [0.1, 0.15) is 35.1 Å². The average molecular weight is 791 g/mol. The predicted molar refractivity (Wildman–Crippen MR) is 208 cm³/mol. The smallest absolute Gasteiger partial charge is 0.303 e. The number of ether oxygens (including phenoxy) is 3. The maximum Gasteiger partial charge on any atom is 0.303 e. The average Bonchev–Trinajstić information content (AvgIpc) is 3.18. The minimum Gasteiger partial charge on any atom is -0.492 e. The third kappa shape index (κ3) is 11.3. The van der Waals surface area contributed by atoms with Gasteiger partial charge in [-0.05, 0) is 42.8 Å². The molecule has 11 nitrogen and oxygen atoms in total. The van der Waals surface area contributed by atoms with Crippen LogP contribution in [0.3, 0.4) is 0 Å². The van der Waals surface area contributed by atoms with E-state index in [0.29, 0.717) is 71.5 Å². The summed E-state index contributed by atoms with van der Waals surface area (Å²) < 4.78 is 18.0. The van der Waals surface area contributed by atoms with Gasteiger partial charge in [0.1, 0.15) is 36.7 Å². The monoisotopic (exact) mass is 789 g/mol. The van der Waals surface area contributed by atoms with Crippen LogP contribution in [0, 0.1) is 11.3 Å². The molecule has 14 heteroatoms. The number of carboxylic acids is 1. The topological polar surface area (TPSA) is 159 Å². The largest absolute Gasteiger partial charge is 0.492 e. The first kappa shape index (κ1) is 40.3. The van der Waals surface area contributed by atoms with Crippen LogP contribution in [0.15, 0.2) is 85.2 Å². The van der Waals surface area contributed by atoms with Crippen molar-refractivity contribution in [2.24, 2.45) is 0 Å². The van der Waals surface area contributed by atoms with Gasteiger partial charge in [-0.1, -0.05) is 83.3 Å². The van der Waals surface area contributed by atoms with Crippen molar-refractivity contribution in [3.05, 3.63) is 123 Å². The van der Waals surface area contributed by atoms with Crippen LogP contribution in [0.4, 0.5) is 0 Å². The van der Waals surface area contributed by atoms with Crippen molar-refractivity contribution >= 4 is 40.8 Å². The van der Waals surface area contributed by atoms with E-state index in [1.54, 1.807) is 18.3 Å². The fraction of sp³-hybridized carbons (Fsp3) is 0.250. The van der Waals surface area contributed by atoms with E-state index in [1.165, 1.54) is 6.20 Å². The molecule has 2 aromatic heterocycles. The van der Waals surface area contributed by atoms with Gasteiger partial charge in [0.05, 0.1) is 22.2 Å². The van der Waals surface area contributed by atoms with E-state index in [0.717, 1.165) is 28.0 Å². The summed E-state index contributed by atoms with van der Waals surface area (Å²) >= 11 is 20.7. The second-order valence-corrected chi connectivity index (χ2v) is 13.1. The molecule has 0 saturated heterocycles. The van der Waals surface area contributed by atoms with Gasteiger partial charge >= 0.3 is 5.97 Å². The summed E-state index contributed by atoms with van der Waals surface area (Å²) in [4.78, 5) is 19.6. The molecule has 0 aliphatic heterocycles. The second-order valence-electron chi connectivity index (χ2n) is 12.0. The number of benzene rings is 3. The normalized spacial score (nSPS) is 10.9. The van der Waals surface area contributed by atoms with Gasteiger partial charge in [0.15, 0.2) is 0 Å². The van der Waals surface area contributed by atoms with E-state index in [4.69, 9.17) is 59.2 Å². The van der Waals surface area contributed by atoms with Crippen molar-refractivity contribution in [3.63, 3.8) is 0 Å². The molecule has 0 bridgehead atoms. The van der Waals surface area contributed by atoms with Crippen molar-refractivity contribution in [2.45, 2.75) is 32.6 Å². The summed E-state index contributed by atoms with van der Waals surface area (Å²) in [7, 11) is 0. The maximum atomic E-state index is 10.9. The molecule has 0 unspecified atom stereocenters. The van der Waals surface area contributed by atoms with Crippen LogP contribution >= 0.6 is 34.8 Å². The molecule has 4 N–H and O–H groups in total. The number of hydrogen-bond acceptors (Lipinski definition) is 10. The van der Waals surface area contributed by atoms with E-state index >= 15 is 0 Å². The van der Waals surface area contributed by atoms with Crippen LogP contribution < -0.4 is 24.8 Å². The van der Waals surface area contributed by atoms with Crippen LogP contribution in [0.5, 0.6) is 17.5 Å². The predicted octanol–water partition coefficient (Wildman–Crippen LogP) is 7.72. The molecular formula is C40H38Cl3N5O6. The van der Waals surface area contributed by atoms with Gasteiger partial charge in [-0.3, -0.25) is 9.78 Å². The summed E-state index contributed by atoms with van der Waals surface area (Å²) in [6, 6.07) is 24.5. The number of aliphatic carboxylic acids is 1. The summed E-state index contributed by atoms with van der Waals surface area (Å²) in [5, 5.41) is 34.6. The maximum absolute atomic E-state index is 10.9. The first-order valence-corrected chi connectivity index (χ1v) is 18.2. The molecule has 0 radical (unpaired) electrons. The fourth-order valence-corrected chi connectivity index (χ4v) is 6.25.